The Balaban J connectivity index is 1.51. The molecule has 4 aromatic rings. The predicted octanol–water partition coefficient (Wildman–Crippen LogP) is 4.29. The summed E-state index contributed by atoms with van der Waals surface area (Å²) < 4.78 is 61.7. The first-order chi connectivity index (χ1) is 16.0. The first kappa shape index (κ1) is 21.9. The molecule has 0 saturated carbocycles. The quantitative estimate of drug-likeness (QED) is 0.416. The predicted molar refractivity (Wildman–Crippen MR) is 113 cm³/mol. The molecule has 11 heteroatoms. The molecule has 0 unspecified atom stereocenters. The van der Waals surface area contributed by atoms with E-state index >= 15 is 0 Å². The number of hydrogen-bond acceptors (Lipinski definition) is 4. The number of rotatable bonds is 3. The van der Waals surface area contributed by atoms with Crippen molar-refractivity contribution >= 4 is 16.9 Å². The smallest absolute Gasteiger partial charge is 0.419 e. The van der Waals surface area contributed by atoms with E-state index in [1.54, 1.807) is 24.6 Å². The summed E-state index contributed by atoms with van der Waals surface area (Å²) in [4.78, 5) is 31.9. The van der Waals surface area contributed by atoms with Crippen molar-refractivity contribution in [3.63, 3.8) is 0 Å². The number of halogens is 4. The number of aryl methyl sites for hydroxylation is 1. The molecule has 1 amide bonds. The molecule has 1 aliphatic rings. The largest absolute Gasteiger partial charge is 0.464 e. The summed E-state index contributed by atoms with van der Waals surface area (Å²) in [6, 6.07) is 4.02. The van der Waals surface area contributed by atoms with E-state index in [1.807, 2.05) is 0 Å². The number of carbonyl (C=O) groups is 1. The van der Waals surface area contributed by atoms with E-state index in [9.17, 15) is 27.2 Å². The van der Waals surface area contributed by atoms with Crippen molar-refractivity contribution in [2.45, 2.75) is 39.2 Å². The molecule has 7 nitrogen and oxygen atoms in total. The zero-order chi connectivity index (χ0) is 24.4. The third-order valence-corrected chi connectivity index (χ3v) is 5.99. The van der Waals surface area contributed by atoms with Crippen LogP contribution in [0.15, 0.2) is 52.3 Å². The Hall–Kier alpha value is -3.89. The van der Waals surface area contributed by atoms with Crippen LogP contribution in [0.25, 0.3) is 16.7 Å². The van der Waals surface area contributed by atoms with E-state index in [-0.39, 0.29) is 35.3 Å². The van der Waals surface area contributed by atoms with E-state index in [0.717, 1.165) is 5.69 Å². The lowest BCUT2D eigenvalue weighted by atomic mass is 10.1. The van der Waals surface area contributed by atoms with Gasteiger partial charge in [-0.15, -0.1) is 0 Å². The van der Waals surface area contributed by atoms with Crippen molar-refractivity contribution < 1.29 is 26.8 Å². The number of furan rings is 1. The maximum atomic E-state index is 13.9. The molecule has 4 heterocycles. The highest BCUT2D eigenvalue weighted by molar-refractivity contribution is 5.94. The van der Waals surface area contributed by atoms with Crippen LogP contribution in [-0.2, 0) is 19.3 Å². The third-order valence-electron chi connectivity index (χ3n) is 5.99. The lowest BCUT2D eigenvalue weighted by Gasteiger charge is -2.35. The van der Waals surface area contributed by atoms with Crippen LogP contribution >= 0.6 is 0 Å². The zero-order valence-corrected chi connectivity index (χ0v) is 18.1. The fourth-order valence-corrected chi connectivity index (χ4v) is 4.25. The van der Waals surface area contributed by atoms with E-state index < -0.39 is 29.5 Å². The summed E-state index contributed by atoms with van der Waals surface area (Å²) in [5.74, 6) is -1.88. The SMILES string of the molecule is Cc1cn(-c2ccc3n(c2=O)C[C@@H](C)N(Cc2coc4cc(F)c(C(F)(F)F)cc24)C3=O)cn1. The fraction of sp³-hybridized carbons (Fsp3) is 0.261. The Morgan fingerprint density at radius 3 is 2.65 bits per heavy atom. The van der Waals surface area contributed by atoms with Crippen LogP contribution in [0.1, 0.15) is 34.2 Å². The van der Waals surface area contributed by atoms with Crippen LogP contribution in [-0.4, -0.2) is 31.0 Å². The number of amides is 1. The molecule has 1 aromatic carbocycles. The number of hydrogen-bond donors (Lipinski definition) is 0. The average Bonchev–Trinajstić information content (AvgIpc) is 3.36. The van der Waals surface area contributed by atoms with Gasteiger partial charge in [0.2, 0.25) is 0 Å². The molecule has 0 radical (unpaired) electrons. The van der Waals surface area contributed by atoms with E-state index in [4.69, 9.17) is 4.42 Å². The van der Waals surface area contributed by atoms with Crippen molar-refractivity contribution in [3.05, 3.63) is 81.7 Å². The van der Waals surface area contributed by atoms with Gasteiger partial charge in [0.05, 0.1) is 30.4 Å². The molecule has 34 heavy (non-hydrogen) atoms. The summed E-state index contributed by atoms with van der Waals surface area (Å²) in [6.07, 6.45) is -0.434. The molecule has 1 aliphatic heterocycles. The monoisotopic (exact) mass is 474 g/mol. The average molecular weight is 474 g/mol. The third kappa shape index (κ3) is 3.47. The molecule has 1 atom stereocenters. The molecule has 0 spiro atoms. The molecular formula is C23H18F4N4O3. The number of alkyl halides is 3. The van der Waals surface area contributed by atoms with Crippen molar-refractivity contribution in [2.24, 2.45) is 0 Å². The van der Waals surface area contributed by atoms with Crippen LogP contribution in [0.3, 0.4) is 0 Å². The minimum atomic E-state index is -4.87. The number of benzene rings is 1. The van der Waals surface area contributed by atoms with Crippen LogP contribution < -0.4 is 5.56 Å². The molecule has 0 aliphatic carbocycles. The first-order valence-corrected chi connectivity index (χ1v) is 10.4. The van der Waals surface area contributed by atoms with Gasteiger partial charge in [0, 0.05) is 35.8 Å². The minimum absolute atomic E-state index is 0.0468. The number of nitrogens with zero attached hydrogens (tertiary/aromatic N) is 4. The molecule has 0 bridgehead atoms. The van der Waals surface area contributed by atoms with Crippen LogP contribution in [0.4, 0.5) is 17.6 Å². The second-order valence-corrected chi connectivity index (χ2v) is 8.31. The topological polar surface area (TPSA) is 73.3 Å². The molecule has 176 valence electrons. The van der Waals surface area contributed by atoms with Gasteiger partial charge >= 0.3 is 6.18 Å². The Morgan fingerprint density at radius 1 is 1.21 bits per heavy atom. The molecule has 5 rings (SSSR count). The van der Waals surface area contributed by atoms with Crippen molar-refractivity contribution in [3.8, 4) is 5.69 Å². The maximum Gasteiger partial charge on any atom is 0.419 e. The van der Waals surface area contributed by atoms with Gasteiger partial charge in [-0.2, -0.15) is 13.2 Å². The van der Waals surface area contributed by atoms with Gasteiger partial charge in [-0.3, -0.25) is 9.59 Å². The highest BCUT2D eigenvalue weighted by atomic mass is 19.4. The van der Waals surface area contributed by atoms with Gasteiger partial charge in [0.1, 0.15) is 22.8 Å². The van der Waals surface area contributed by atoms with Crippen LogP contribution in [0.5, 0.6) is 0 Å². The number of aromatic nitrogens is 3. The number of fused-ring (bicyclic) bond motifs is 2. The fourth-order valence-electron chi connectivity index (χ4n) is 4.25. The lowest BCUT2D eigenvalue weighted by molar-refractivity contribution is -0.139. The Labute approximate surface area is 189 Å². The normalized spacial score (nSPS) is 16.4. The number of imidazole rings is 1. The summed E-state index contributed by atoms with van der Waals surface area (Å²) in [6.45, 7) is 3.66. The van der Waals surface area contributed by atoms with Gasteiger partial charge in [-0.1, -0.05) is 0 Å². The van der Waals surface area contributed by atoms with Crippen molar-refractivity contribution in [1.82, 2.24) is 19.0 Å². The Kier molecular flexibility index (Phi) is 4.88. The summed E-state index contributed by atoms with van der Waals surface area (Å²) in [7, 11) is 0. The minimum Gasteiger partial charge on any atom is -0.464 e. The van der Waals surface area contributed by atoms with Crippen LogP contribution in [0, 0.1) is 12.7 Å². The Morgan fingerprint density at radius 2 is 1.97 bits per heavy atom. The summed E-state index contributed by atoms with van der Waals surface area (Å²) in [5.41, 5.74) is -0.248. The maximum absolute atomic E-state index is 13.9. The molecule has 0 saturated heterocycles. The van der Waals surface area contributed by atoms with Gasteiger partial charge in [0.15, 0.2) is 0 Å². The van der Waals surface area contributed by atoms with Crippen molar-refractivity contribution in [1.29, 1.82) is 0 Å². The summed E-state index contributed by atoms with van der Waals surface area (Å²) >= 11 is 0. The van der Waals surface area contributed by atoms with E-state index in [2.05, 4.69) is 4.98 Å². The van der Waals surface area contributed by atoms with Gasteiger partial charge in [-0.05, 0) is 32.0 Å². The first-order valence-electron chi connectivity index (χ1n) is 10.4. The standard InChI is InChI=1S/C23H18F4N4O3/c1-12-7-29(11-28-12)18-3-4-19-22(33)30(13(2)8-31(19)21(18)32)9-14-10-34-20-6-17(24)16(5-15(14)20)23(25,26)27/h3-7,10-11,13H,8-9H2,1-2H3/t13-/m1/s1. The molecule has 0 fully saturated rings. The van der Waals surface area contributed by atoms with E-state index in [0.29, 0.717) is 23.4 Å². The second-order valence-electron chi connectivity index (χ2n) is 8.31. The molecule has 3 aromatic heterocycles. The lowest BCUT2D eigenvalue weighted by Crippen LogP contribution is -2.49. The zero-order valence-electron chi connectivity index (χ0n) is 18.1. The second kappa shape index (κ2) is 7.57. The van der Waals surface area contributed by atoms with Gasteiger partial charge in [-0.25, -0.2) is 9.37 Å². The van der Waals surface area contributed by atoms with Crippen LogP contribution in [0.2, 0.25) is 0 Å². The Bertz CT molecular complexity index is 1500. The highest BCUT2D eigenvalue weighted by Crippen LogP contribution is 2.36. The summed E-state index contributed by atoms with van der Waals surface area (Å²) in [5, 5.41) is 0.0718. The molecular weight excluding hydrogens is 456 g/mol. The van der Waals surface area contributed by atoms with Gasteiger partial charge < -0.3 is 18.5 Å². The number of carbonyl (C=O) groups excluding carboxylic acids is 1. The molecule has 0 N–H and O–H groups in total. The van der Waals surface area contributed by atoms with Gasteiger partial charge in [0.25, 0.3) is 11.5 Å². The number of pyridine rings is 1. The van der Waals surface area contributed by atoms with E-state index in [1.165, 1.54) is 34.2 Å². The van der Waals surface area contributed by atoms with Crippen molar-refractivity contribution in [2.75, 3.05) is 0 Å². The highest BCUT2D eigenvalue weighted by Gasteiger charge is 2.36.